The van der Waals surface area contributed by atoms with Gasteiger partial charge in [0.25, 0.3) is 5.91 Å². The molecular weight excluding hydrogens is 578 g/mol. The van der Waals surface area contributed by atoms with Crippen LogP contribution in [-0.4, -0.2) is 85.3 Å². The molecule has 1 N–H and O–H groups in total. The van der Waals surface area contributed by atoms with E-state index < -0.39 is 5.41 Å². The summed E-state index contributed by atoms with van der Waals surface area (Å²) in [4.78, 5) is 36.3. The summed E-state index contributed by atoms with van der Waals surface area (Å²) in [6.07, 6.45) is 8.90. The van der Waals surface area contributed by atoms with Gasteiger partial charge in [-0.25, -0.2) is 5.06 Å². The third kappa shape index (κ3) is 5.02. The van der Waals surface area contributed by atoms with Gasteiger partial charge in [-0.15, -0.1) is 0 Å². The lowest BCUT2D eigenvalue weighted by Crippen LogP contribution is -2.48. The summed E-state index contributed by atoms with van der Waals surface area (Å²) in [6.45, 7) is 3.61. The molecular formula is C37H49N5O4. The minimum atomic E-state index is -0.544. The number of methoxy groups -OCH3 is 1. The third-order valence-electron chi connectivity index (χ3n) is 11.2. The van der Waals surface area contributed by atoms with E-state index in [1.807, 2.05) is 19.2 Å². The van der Waals surface area contributed by atoms with Gasteiger partial charge in [-0.05, 0) is 93.5 Å². The van der Waals surface area contributed by atoms with Gasteiger partial charge in [-0.1, -0.05) is 25.3 Å². The Labute approximate surface area is 272 Å². The number of ether oxygens (including phenoxy) is 1. The first-order valence-electron chi connectivity index (χ1n) is 17.1. The number of hydroxylamine groups is 4. The average Bonchev–Trinajstić information content (AvgIpc) is 3.59. The zero-order valence-electron chi connectivity index (χ0n) is 28.3. The van der Waals surface area contributed by atoms with Crippen molar-refractivity contribution in [1.29, 1.82) is 0 Å². The van der Waals surface area contributed by atoms with E-state index in [9.17, 15) is 9.59 Å². The van der Waals surface area contributed by atoms with Crippen LogP contribution in [0.2, 0.25) is 0 Å². The number of carbonyl (C=O) groups is 2. The predicted octanol–water partition coefficient (Wildman–Crippen LogP) is 5.93. The standard InChI is InChI=1S/C37H49N5O4/c1-23-12-14-26(21-38-2)42(23)36(44)37-20-31(37)30-19-27(45-6)15-17-28(30)34-33(24-10-8-7-9-11-24)29-16-13-25(18-32(29)41(34)22-37)35(43)40(5)46-39(3)4/h13,15-19,23-24,26,31,38H,7-12,14,20-22H2,1-6H3. The van der Waals surface area contributed by atoms with Crippen LogP contribution in [0.4, 0.5) is 0 Å². The zero-order chi connectivity index (χ0) is 32.3. The van der Waals surface area contributed by atoms with Gasteiger partial charge < -0.3 is 19.5 Å². The molecule has 2 aromatic carbocycles. The molecule has 46 heavy (non-hydrogen) atoms. The molecule has 4 aliphatic rings. The summed E-state index contributed by atoms with van der Waals surface area (Å²) in [7, 11) is 8.85. The van der Waals surface area contributed by atoms with Crippen LogP contribution in [0.1, 0.15) is 91.6 Å². The van der Waals surface area contributed by atoms with Crippen molar-refractivity contribution in [2.24, 2.45) is 5.41 Å². The minimum absolute atomic E-state index is 0.117. The molecule has 7 rings (SSSR count). The van der Waals surface area contributed by atoms with Gasteiger partial charge in [0.05, 0.1) is 18.2 Å². The number of likely N-dealkylation sites (tertiary alicyclic amines) is 1. The van der Waals surface area contributed by atoms with Crippen LogP contribution in [0, 0.1) is 5.41 Å². The number of nitrogens with one attached hydrogen (secondary N) is 1. The number of fused-ring (bicyclic) bond motifs is 7. The number of hydrogen-bond donors (Lipinski definition) is 1. The van der Waals surface area contributed by atoms with Crippen molar-refractivity contribution < 1.29 is 19.3 Å². The number of carbonyl (C=O) groups excluding carboxylic acids is 2. The molecule has 4 unspecified atom stereocenters. The first kappa shape index (κ1) is 31.2. The fraction of sp³-hybridized carbons (Fsp3) is 0.568. The lowest BCUT2D eigenvalue weighted by Gasteiger charge is -2.33. The van der Waals surface area contributed by atoms with Crippen molar-refractivity contribution in [2.45, 2.75) is 88.8 Å². The van der Waals surface area contributed by atoms with Crippen LogP contribution in [0.5, 0.6) is 5.75 Å². The summed E-state index contributed by atoms with van der Waals surface area (Å²) in [5, 5.41) is 7.32. The number of likely N-dealkylation sites (N-methyl/N-ethyl adjacent to an activating group) is 1. The van der Waals surface area contributed by atoms with E-state index in [2.05, 4.69) is 46.0 Å². The Morgan fingerprint density at radius 1 is 1.02 bits per heavy atom. The maximum absolute atomic E-state index is 15.0. The van der Waals surface area contributed by atoms with Crippen LogP contribution >= 0.6 is 0 Å². The van der Waals surface area contributed by atoms with E-state index in [0.29, 0.717) is 18.0 Å². The number of hydrogen-bond acceptors (Lipinski definition) is 6. The molecule has 9 heteroatoms. The highest BCUT2D eigenvalue weighted by Gasteiger charge is 2.65. The first-order chi connectivity index (χ1) is 22.2. The van der Waals surface area contributed by atoms with Gasteiger partial charge in [0, 0.05) is 74.3 Å². The smallest absolute Gasteiger partial charge is 0.278 e. The molecule has 246 valence electrons. The quantitative estimate of drug-likeness (QED) is 0.312. The number of nitrogens with zero attached hydrogens (tertiary/aromatic N) is 4. The molecule has 2 aliphatic carbocycles. The van der Waals surface area contributed by atoms with Crippen molar-refractivity contribution >= 4 is 22.7 Å². The molecule has 3 aromatic rings. The van der Waals surface area contributed by atoms with Crippen molar-refractivity contribution in [3.63, 3.8) is 0 Å². The van der Waals surface area contributed by atoms with Crippen LogP contribution in [-0.2, 0) is 16.3 Å². The van der Waals surface area contributed by atoms with Gasteiger partial charge in [-0.3, -0.25) is 9.59 Å². The van der Waals surface area contributed by atoms with Crippen molar-refractivity contribution in [3.8, 4) is 17.0 Å². The fourth-order valence-corrected chi connectivity index (χ4v) is 9.01. The van der Waals surface area contributed by atoms with E-state index in [1.54, 1.807) is 28.3 Å². The molecule has 2 aliphatic heterocycles. The lowest BCUT2D eigenvalue weighted by atomic mass is 9.81. The molecule has 0 spiro atoms. The highest BCUT2D eigenvalue weighted by Crippen LogP contribution is 2.66. The topological polar surface area (TPSA) is 79.3 Å². The number of amides is 2. The van der Waals surface area contributed by atoms with Gasteiger partial charge >= 0.3 is 0 Å². The number of aromatic nitrogens is 1. The molecule has 0 radical (unpaired) electrons. The van der Waals surface area contributed by atoms with Gasteiger partial charge in [0.15, 0.2) is 0 Å². The van der Waals surface area contributed by atoms with Crippen molar-refractivity contribution in [2.75, 3.05) is 41.8 Å². The van der Waals surface area contributed by atoms with Crippen LogP contribution in [0.25, 0.3) is 22.2 Å². The first-order valence-corrected chi connectivity index (χ1v) is 17.1. The minimum Gasteiger partial charge on any atom is -0.497 e. The maximum atomic E-state index is 15.0. The summed E-state index contributed by atoms with van der Waals surface area (Å²) in [6, 6.07) is 13.0. The molecule has 3 heterocycles. The second-order valence-corrected chi connectivity index (χ2v) is 14.3. The normalized spacial score (nSPS) is 25.6. The highest BCUT2D eigenvalue weighted by molar-refractivity contribution is 6.01. The molecule has 2 saturated carbocycles. The molecule has 3 fully saturated rings. The Kier molecular flexibility index (Phi) is 8.14. The molecule has 0 bridgehead atoms. The Hall–Kier alpha value is -3.40. The van der Waals surface area contributed by atoms with Crippen LogP contribution in [0.3, 0.4) is 0 Å². The van der Waals surface area contributed by atoms with Crippen molar-refractivity contribution in [1.82, 2.24) is 24.9 Å². The van der Waals surface area contributed by atoms with E-state index >= 15 is 0 Å². The van der Waals surface area contributed by atoms with E-state index in [1.165, 1.54) is 57.2 Å². The van der Waals surface area contributed by atoms with Gasteiger partial charge in [0.2, 0.25) is 5.91 Å². The highest BCUT2D eigenvalue weighted by atomic mass is 16.8. The number of benzene rings is 2. The second-order valence-electron chi connectivity index (χ2n) is 14.3. The zero-order valence-corrected chi connectivity index (χ0v) is 28.3. The summed E-state index contributed by atoms with van der Waals surface area (Å²) < 4.78 is 8.19. The summed E-state index contributed by atoms with van der Waals surface area (Å²) in [5.74, 6) is 1.45. The van der Waals surface area contributed by atoms with E-state index in [0.717, 1.165) is 49.9 Å². The SMILES string of the molecule is CNCC1CCC(C)N1C(=O)C12CC1c1cc(OC)ccc1-c1c(C3CCCCC3)c3ccc(C(=O)N(C)ON(C)C)cc3n1C2. The molecule has 9 nitrogen and oxygen atoms in total. The molecule has 2 amide bonds. The van der Waals surface area contributed by atoms with E-state index in [-0.39, 0.29) is 29.8 Å². The summed E-state index contributed by atoms with van der Waals surface area (Å²) in [5.41, 5.74) is 6.09. The Balaban J connectivity index is 1.44. The summed E-state index contributed by atoms with van der Waals surface area (Å²) >= 11 is 0. The molecule has 1 aromatic heterocycles. The Morgan fingerprint density at radius 3 is 2.52 bits per heavy atom. The van der Waals surface area contributed by atoms with Crippen LogP contribution < -0.4 is 10.1 Å². The van der Waals surface area contributed by atoms with Gasteiger partial charge in [0.1, 0.15) is 5.75 Å². The van der Waals surface area contributed by atoms with Crippen LogP contribution in [0.15, 0.2) is 36.4 Å². The molecule has 1 saturated heterocycles. The molecule has 4 atom stereocenters. The third-order valence-corrected chi connectivity index (χ3v) is 11.2. The monoisotopic (exact) mass is 627 g/mol. The number of rotatable bonds is 8. The fourth-order valence-electron chi connectivity index (χ4n) is 9.01. The van der Waals surface area contributed by atoms with E-state index in [4.69, 9.17) is 9.68 Å². The maximum Gasteiger partial charge on any atom is 0.278 e. The largest absolute Gasteiger partial charge is 0.497 e. The Bertz CT molecular complexity index is 1660. The van der Waals surface area contributed by atoms with Gasteiger partial charge in [-0.2, -0.15) is 10.0 Å². The average molecular weight is 628 g/mol. The Morgan fingerprint density at radius 2 is 1.80 bits per heavy atom. The van der Waals surface area contributed by atoms with Crippen molar-refractivity contribution in [3.05, 3.63) is 53.1 Å². The second kappa shape index (κ2) is 12.0. The lowest BCUT2D eigenvalue weighted by molar-refractivity contribution is -0.265. The predicted molar refractivity (Wildman–Crippen MR) is 180 cm³/mol.